The Morgan fingerprint density at radius 3 is 2.60 bits per heavy atom. The van der Waals surface area contributed by atoms with Gasteiger partial charge in [0.25, 0.3) is 0 Å². The van der Waals surface area contributed by atoms with E-state index in [1.54, 1.807) is 24.0 Å². The first-order chi connectivity index (χ1) is 9.29. The van der Waals surface area contributed by atoms with E-state index in [0.29, 0.717) is 14.8 Å². The fourth-order valence-electron chi connectivity index (χ4n) is 1.71. The number of nitrogens with zero attached hydrogens (tertiary/aromatic N) is 2. The van der Waals surface area contributed by atoms with Crippen molar-refractivity contribution in [2.45, 2.75) is 10.6 Å². The molecule has 2 aromatic rings. The van der Waals surface area contributed by atoms with Gasteiger partial charge in [-0.05, 0) is 46.9 Å². The summed E-state index contributed by atoms with van der Waals surface area (Å²) in [6, 6.07) is 5.91. The van der Waals surface area contributed by atoms with E-state index in [4.69, 9.17) is 5.73 Å². The number of aromatic nitrogens is 2. The monoisotopic (exact) mass is 405 g/mol. The third-order valence-corrected chi connectivity index (χ3v) is 5.21. The Morgan fingerprint density at radius 2 is 2.10 bits per heavy atom. The van der Waals surface area contributed by atoms with Gasteiger partial charge in [0.15, 0.2) is 9.84 Å². The van der Waals surface area contributed by atoms with Gasteiger partial charge in [-0.15, -0.1) is 0 Å². The number of sulfone groups is 1. The summed E-state index contributed by atoms with van der Waals surface area (Å²) in [6.45, 7) is 0. The first kappa shape index (κ1) is 15.0. The summed E-state index contributed by atoms with van der Waals surface area (Å²) in [6.07, 6.45) is 1.69. The van der Waals surface area contributed by atoms with Crippen LogP contribution in [0.1, 0.15) is 16.1 Å². The van der Waals surface area contributed by atoms with Crippen LogP contribution in [-0.4, -0.2) is 24.1 Å². The second-order valence-corrected chi connectivity index (χ2v) is 7.40. The number of hydrogen-bond acceptors (Lipinski definition) is 4. The molecular formula is C12H12IN3O3S. The van der Waals surface area contributed by atoms with E-state index < -0.39 is 15.7 Å². The highest BCUT2D eigenvalue weighted by Gasteiger charge is 2.19. The van der Waals surface area contributed by atoms with Gasteiger partial charge < -0.3 is 5.73 Å². The first-order valence-corrected chi connectivity index (χ1v) is 8.33. The lowest BCUT2D eigenvalue weighted by molar-refractivity contribution is 0.0999. The Labute approximate surface area is 130 Å². The molecule has 1 aromatic carbocycles. The molecule has 1 amide bonds. The van der Waals surface area contributed by atoms with Crippen molar-refractivity contribution in [2.24, 2.45) is 12.8 Å². The van der Waals surface area contributed by atoms with E-state index >= 15 is 0 Å². The number of primary amides is 1. The molecular weight excluding hydrogens is 393 g/mol. The quantitative estimate of drug-likeness (QED) is 0.771. The van der Waals surface area contributed by atoms with Crippen LogP contribution in [0.2, 0.25) is 0 Å². The van der Waals surface area contributed by atoms with Crippen LogP contribution < -0.4 is 5.73 Å². The summed E-state index contributed by atoms with van der Waals surface area (Å²) in [4.78, 5) is 11.3. The average Bonchev–Trinajstić information content (AvgIpc) is 2.73. The van der Waals surface area contributed by atoms with Crippen molar-refractivity contribution in [3.63, 3.8) is 0 Å². The maximum absolute atomic E-state index is 12.3. The lowest BCUT2D eigenvalue weighted by Crippen LogP contribution is -2.14. The number of benzene rings is 1. The molecule has 0 aliphatic carbocycles. The zero-order valence-corrected chi connectivity index (χ0v) is 13.6. The predicted molar refractivity (Wildman–Crippen MR) is 81.8 cm³/mol. The normalized spacial score (nSPS) is 11.5. The number of rotatable bonds is 4. The Balaban J connectivity index is 2.35. The van der Waals surface area contributed by atoms with Crippen molar-refractivity contribution < 1.29 is 13.2 Å². The van der Waals surface area contributed by atoms with Gasteiger partial charge in [-0.3, -0.25) is 9.48 Å². The number of hydrogen-bond donors (Lipinski definition) is 1. The molecule has 20 heavy (non-hydrogen) atoms. The van der Waals surface area contributed by atoms with Crippen LogP contribution in [0.15, 0.2) is 35.4 Å². The van der Waals surface area contributed by atoms with Crippen molar-refractivity contribution >= 4 is 38.3 Å². The molecule has 8 heteroatoms. The second-order valence-electron chi connectivity index (χ2n) is 4.25. The SMILES string of the molecule is Cn1ccc(CS(=O)(=O)c2ccc(C(N)=O)c(I)c2)n1. The van der Waals surface area contributed by atoms with E-state index in [0.717, 1.165) is 0 Å². The minimum atomic E-state index is -3.50. The second kappa shape index (κ2) is 5.52. The van der Waals surface area contributed by atoms with E-state index in [9.17, 15) is 13.2 Å². The molecule has 0 spiro atoms. The summed E-state index contributed by atoms with van der Waals surface area (Å²) < 4.78 is 26.6. The summed E-state index contributed by atoms with van der Waals surface area (Å²) >= 11 is 1.89. The van der Waals surface area contributed by atoms with Crippen LogP contribution >= 0.6 is 22.6 Å². The molecule has 0 aliphatic heterocycles. The number of carbonyl (C=O) groups excluding carboxylic acids is 1. The maximum Gasteiger partial charge on any atom is 0.249 e. The van der Waals surface area contributed by atoms with Gasteiger partial charge in [-0.25, -0.2) is 8.42 Å². The van der Waals surface area contributed by atoms with E-state index in [1.165, 1.54) is 18.2 Å². The summed E-state index contributed by atoms with van der Waals surface area (Å²) in [5.74, 6) is -0.761. The largest absolute Gasteiger partial charge is 0.366 e. The molecule has 0 radical (unpaired) electrons. The predicted octanol–water partition coefficient (Wildman–Crippen LogP) is 1.10. The van der Waals surface area contributed by atoms with Gasteiger partial charge in [-0.2, -0.15) is 5.10 Å². The molecule has 0 fully saturated rings. The number of nitrogens with two attached hydrogens (primary N) is 1. The van der Waals surface area contributed by atoms with Gasteiger partial charge in [0.05, 0.1) is 21.9 Å². The fourth-order valence-corrected chi connectivity index (χ4v) is 3.98. The Kier molecular flexibility index (Phi) is 4.14. The molecule has 0 saturated heterocycles. The molecule has 1 aromatic heterocycles. The van der Waals surface area contributed by atoms with Crippen molar-refractivity contribution in [2.75, 3.05) is 0 Å². The van der Waals surface area contributed by atoms with Crippen molar-refractivity contribution in [1.82, 2.24) is 9.78 Å². The standard InChI is InChI=1S/C12H12IN3O3S/c1-16-5-4-8(15-16)7-20(18,19)9-2-3-10(12(14)17)11(13)6-9/h2-6H,7H2,1H3,(H2,14,17). The van der Waals surface area contributed by atoms with Gasteiger partial charge in [0, 0.05) is 16.8 Å². The number of aryl methyl sites for hydroxylation is 1. The average molecular weight is 405 g/mol. The van der Waals surface area contributed by atoms with Crippen LogP contribution in [0.25, 0.3) is 0 Å². The van der Waals surface area contributed by atoms with E-state index in [2.05, 4.69) is 5.10 Å². The highest BCUT2D eigenvalue weighted by Crippen LogP contribution is 2.20. The van der Waals surface area contributed by atoms with Gasteiger partial charge in [0.2, 0.25) is 5.91 Å². The number of halogens is 1. The molecule has 0 atom stereocenters. The van der Waals surface area contributed by atoms with Crippen LogP contribution in [0.4, 0.5) is 0 Å². The highest BCUT2D eigenvalue weighted by atomic mass is 127. The van der Waals surface area contributed by atoms with Crippen molar-refractivity contribution in [1.29, 1.82) is 0 Å². The van der Waals surface area contributed by atoms with Crippen molar-refractivity contribution in [3.05, 3.63) is 45.3 Å². The van der Waals surface area contributed by atoms with Gasteiger partial charge in [0.1, 0.15) is 0 Å². The number of amides is 1. The summed E-state index contributed by atoms with van der Waals surface area (Å²) in [7, 11) is -1.77. The van der Waals surface area contributed by atoms with Crippen LogP contribution in [0.3, 0.4) is 0 Å². The van der Waals surface area contributed by atoms with E-state index in [-0.39, 0.29) is 10.6 Å². The smallest absolute Gasteiger partial charge is 0.249 e. The third-order valence-electron chi connectivity index (χ3n) is 2.67. The molecule has 2 rings (SSSR count). The third kappa shape index (κ3) is 3.18. The first-order valence-electron chi connectivity index (χ1n) is 5.60. The minimum Gasteiger partial charge on any atom is -0.366 e. The zero-order chi connectivity index (χ0) is 14.9. The Hall–Kier alpha value is -1.42. The molecule has 1 heterocycles. The lowest BCUT2D eigenvalue weighted by atomic mass is 10.2. The van der Waals surface area contributed by atoms with Crippen LogP contribution in [0, 0.1) is 3.57 Å². The van der Waals surface area contributed by atoms with Crippen molar-refractivity contribution in [3.8, 4) is 0 Å². The van der Waals surface area contributed by atoms with E-state index in [1.807, 2.05) is 22.6 Å². The minimum absolute atomic E-state index is 0.151. The van der Waals surface area contributed by atoms with Crippen LogP contribution in [0.5, 0.6) is 0 Å². The van der Waals surface area contributed by atoms with Crippen LogP contribution in [-0.2, 0) is 22.6 Å². The molecule has 0 aliphatic rings. The molecule has 6 nitrogen and oxygen atoms in total. The molecule has 0 unspecified atom stereocenters. The maximum atomic E-state index is 12.3. The van der Waals surface area contributed by atoms with Gasteiger partial charge in [-0.1, -0.05) is 0 Å². The zero-order valence-electron chi connectivity index (χ0n) is 10.6. The Bertz CT molecular complexity index is 768. The highest BCUT2D eigenvalue weighted by molar-refractivity contribution is 14.1. The summed E-state index contributed by atoms with van der Waals surface area (Å²) in [5, 5.41) is 4.05. The molecule has 2 N–H and O–H groups in total. The fraction of sp³-hybridized carbons (Fsp3) is 0.167. The molecule has 0 bridgehead atoms. The topological polar surface area (TPSA) is 95.0 Å². The molecule has 0 saturated carbocycles. The molecule has 106 valence electrons. The Morgan fingerprint density at radius 1 is 1.40 bits per heavy atom. The van der Waals surface area contributed by atoms with Gasteiger partial charge >= 0.3 is 0 Å². The lowest BCUT2D eigenvalue weighted by Gasteiger charge is -2.05. The summed E-state index contributed by atoms with van der Waals surface area (Å²) in [5.41, 5.74) is 5.98. The number of carbonyl (C=O) groups is 1.